The lowest BCUT2D eigenvalue weighted by Gasteiger charge is -2.15. The van der Waals surface area contributed by atoms with Crippen LogP contribution in [0.25, 0.3) is 0 Å². The number of carbonyl (C=O) groups excluding carboxylic acids is 1. The molecule has 25 heavy (non-hydrogen) atoms. The number of aryl methyl sites for hydroxylation is 1. The quantitative estimate of drug-likeness (QED) is 0.609. The summed E-state index contributed by atoms with van der Waals surface area (Å²) < 4.78 is 7.31. The van der Waals surface area contributed by atoms with Crippen molar-refractivity contribution in [1.82, 2.24) is 19.7 Å². The highest BCUT2D eigenvalue weighted by atomic mass is 32.2. The lowest BCUT2D eigenvalue weighted by molar-refractivity contribution is -0.127. The summed E-state index contributed by atoms with van der Waals surface area (Å²) >= 11 is 1.40. The van der Waals surface area contributed by atoms with E-state index in [1.54, 1.807) is 18.2 Å². The molecule has 0 bridgehead atoms. The number of hydrogen-bond acceptors (Lipinski definition) is 5. The highest BCUT2D eigenvalue weighted by Gasteiger charge is 2.15. The van der Waals surface area contributed by atoms with Gasteiger partial charge in [-0.25, -0.2) is 0 Å². The van der Waals surface area contributed by atoms with Gasteiger partial charge in [0.15, 0.2) is 5.16 Å². The molecule has 0 fully saturated rings. The molecule has 0 aliphatic carbocycles. The van der Waals surface area contributed by atoms with E-state index in [1.165, 1.54) is 17.3 Å². The monoisotopic (exact) mass is 356 g/mol. The Morgan fingerprint density at radius 1 is 1.20 bits per heavy atom. The Kier molecular flexibility index (Phi) is 5.55. The van der Waals surface area contributed by atoms with Gasteiger partial charge in [0.1, 0.15) is 11.6 Å². The van der Waals surface area contributed by atoms with Crippen LogP contribution >= 0.6 is 11.8 Å². The van der Waals surface area contributed by atoms with Crippen LogP contribution in [0.5, 0.6) is 0 Å². The highest BCUT2D eigenvalue weighted by molar-refractivity contribution is 7.99. The number of benzene rings is 1. The van der Waals surface area contributed by atoms with E-state index in [1.807, 2.05) is 41.8 Å². The first kappa shape index (κ1) is 17.3. The molecule has 2 aromatic heterocycles. The predicted molar refractivity (Wildman–Crippen MR) is 96.2 cm³/mol. The van der Waals surface area contributed by atoms with E-state index >= 15 is 0 Å². The Hall–Kier alpha value is -2.54. The summed E-state index contributed by atoms with van der Waals surface area (Å²) in [5, 5.41) is 9.11. The lowest BCUT2D eigenvalue weighted by atomic mass is 10.2. The third-order valence-electron chi connectivity index (χ3n) is 3.81. The number of rotatable bonds is 7. The minimum atomic E-state index is 0.0216. The van der Waals surface area contributed by atoms with Crippen LogP contribution in [0.2, 0.25) is 0 Å². The third kappa shape index (κ3) is 4.51. The molecule has 0 atom stereocenters. The molecular weight excluding hydrogens is 336 g/mol. The maximum Gasteiger partial charge on any atom is 0.233 e. The summed E-state index contributed by atoms with van der Waals surface area (Å²) in [5.41, 5.74) is 1.17. The summed E-state index contributed by atoms with van der Waals surface area (Å²) in [6.45, 7) is 3.07. The zero-order chi connectivity index (χ0) is 17.6. The first-order valence-corrected chi connectivity index (χ1v) is 8.95. The molecule has 130 valence electrons. The minimum Gasteiger partial charge on any atom is -0.467 e. The summed E-state index contributed by atoms with van der Waals surface area (Å²) in [6, 6.07) is 13.8. The van der Waals surface area contributed by atoms with Crippen LogP contribution in [-0.4, -0.2) is 38.4 Å². The van der Waals surface area contributed by atoms with E-state index in [9.17, 15) is 4.79 Å². The van der Waals surface area contributed by atoms with Crippen molar-refractivity contribution in [3.63, 3.8) is 0 Å². The molecule has 3 rings (SSSR count). The number of amides is 1. The average molecular weight is 356 g/mol. The van der Waals surface area contributed by atoms with E-state index < -0.39 is 0 Å². The van der Waals surface area contributed by atoms with Gasteiger partial charge in [0.25, 0.3) is 0 Å². The van der Waals surface area contributed by atoms with Crippen molar-refractivity contribution in [2.75, 3.05) is 12.8 Å². The van der Waals surface area contributed by atoms with Crippen LogP contribution in [0.1, 0.15) is 17.1 Å². The summed E-state index contributed by atoms with van der Waals surface area (Å²) in [5.74, 6) is 1.93. The second-order valence-corrected chi connectivity index (χ2v) is 6.66. The third-order valence-corrected chi connectivity index (χ3v) is 4.76. The van der Waals surface area contributed by atoms with Gasteiger partial charge in [0.05, 0.1) is 25.1 Å². The Bertz CT molecular complexity index is 815. The molecule has 1 amide bonds. The van der Waals surface area contributed by atoms with Crippen LogP contribution in [0, 0.1) is 6.92 Å². The summed E-state index contributed by atoms with van der Waals surface area (Å²) in [7, 11) is 1.77. The van der Waals surface area contributed by atoms with Crippen LogP contribution in [-0.2, 0) is 17.9 Å². The second-order valence-electron chi connectivity index (χ2n) is 5.72. The smallest absolute Gasteiger partial charge is 0.233 e. The van der Waals surface area contributed by atoms with Gasteiger partial charge in [-0.15, -0.1) is 10.2 Å². The normalized spacial score (nSPS) is 10.8. The average Bonchev–Trinajstić information content (AvgIpc) is 3.25. The van der Waals surface area contributed by atoms with Crippen LogP contribution in [0.3, 0.4) is 0 Å². The summed E-state index contributed by atoms with van der Waals surface area (Å²) in [6.07, 6.45) is 1.61. The van der Waals surface area contributed by atoms with E-state index in [4.69, 9.17) is 4.42 Å². The molecule has 3 aromatic rings. The Labute approximate surface area is 150 Å². The summed E-state index contributed by atoms with van der Waals surface area (Å²) in [4.78, 5) is 14.0. The van der Waals surface area contributed by atoms with Gasteiger partial charge in [-0.1, -0.05) is 42.1 Å². The zero-order valence-electron chi connectivity index (χ0n) is 14.3. The first-order chi connectivity index (χ1) is 12.1. The molecule has 0 unspecified atom stereocenters. The molecule has 0 N–H and O–H groups in total. The topological polar surface area (TPSA) is 64.2 Å². The van der Waals surface area contributed by atoms with Gasteiger partial charge in [-0.2, -0.15) is 0 Å². The van der Waals surface area contributed by atoms with Crippen LogP contribution < -0.4 is 0 Å². The number of thioether (sulfide) groups is 1. The van der Waals surface area contributed by atoms with Gasteiger partial charge in [-0.05, 0) is 24.6 Å². The molecule has 0 saturated heterocycles. The van der Waals surface area contributed by atoms with Crippen molar-refractivity contribution >= 4 is 17.7 Å². The van der Waals surface area contributed by atoms with Crippen LogP contribution in [0.4, 0.5) is 0 Å². The van der Waals surface area contributed by atoms with Gasteiger partial charge >= 0.3 is 0 Å². The molecule has 6 nitrogen and oxygen atoms in total. The Morgan fingerprint density at radius 3 is 2.72 bits per heavy atom. The molecular formula is C18H20N4O2S. The molecule has 1 aromatic carbocycles. The largest absolute Gasteiger partial charge is 0.467 e. The van der Waals surface area contributed by atoms with Gasteiger partial charge < -0.3 is 13.9 Å². The van der Waals surface area contributed by atoms with Crippen molar-refractivity contribution < 1.29 is 9.21 Å². The standard InChI is InChI=1S/C18H20N4O2S/c1-14-19-20-18(22(14)11-15-7-4-3-5-8-15)25-13-17(23)21(2)12-16-9-6-10-24-16/h3-10H,11-13H2,1-2H3. The van der Waals surface area contributed by atoms with E-state index in [0.717, 1.165) is 16.7 Å². The van der Waals surface area contributed by atoms with Gasteiger partial charge in [0, 0.05) is 7.05 Å². The molecule has 0 spiro atoms. The molecule has 0 radical (unpaired) electrons. The number of furan rings is 1. The SMILES string of the molecule is Cc1nnc(SCC(=O)N(C)Cc2ccco2)n1Cc1ccccc1. The maximum absolute atomic E-state index is 12.3. The number of carbonyl (C=O) groups is 1. The molecule has 0 saturated carbocycles. The van der Waals surface area contributed by atoms with Crippen LogP contribution in [0.15, 0.2) is 58.3 Å². The number of aromatic nitrogens is 3. The number of nitrogens with zero attached hydrogens (tertiary/aromatic N) is 4. The zero-order valence-corrected chi connectivity index (χ0v) is 15.1. The molecule has 7 heteroatoms. The van der Waals surface area contributed by atoms with Crippen molar-refractivity contribution in [2.45, 2.75) is 25.2 Å². The van der Waals surface area contributed by atoms with E-state index in [2.05, 4.69) is 22.3 Å². The fraction of sp³-hybridized carbons (Fsp3) is 0.278. The van der Waals surface area contributed by atoms with E-state index in [0.29, 0.717) is 18.8 Å². The van der Waals surface area contributed by atoms with Crippen molar-refractivity contribution in [3.05, 3.63) is 65.9 Å². The van der Waals surface area contributed by atoms with Gasteiger partial charge in [-0.3, -0.25) is 4.79 Å². The van der Waals surface area contributed by atoms with Gasteiger partial charge in [0.2, 0.25) is 5.91 Å². The van der Waals surface area contributed by atoms with Crippen molar-refractivity contribution in [1.29, 1.82) is 0 Å². The first-order valence-electron chi connectivity index (χ1n) is 7.96. The van der Waals surface area contributed by atoms with Crippen molar-refractivity contribution in [3.8, 4) is 0 Å². The Balaban J connectivity index is 1.60. The molecule has 0 aliphatic rings. The minimum absolute atomic E-state index is 0.0216. The lowest BCUT2D eigenvalue weighted by Crippen LogP contribution is -2.27. The second kappa shape index (κ2) is 8.02. The molecule has 2 heterocycles. The predicted octanol–water partition coefficient (Wildman–Crippen LogP) is 2.98. The van der Waals surface area contributed by atoms with Crippen molar-refractivity contribution in [2.24, 2.45) is 0 Å². The van der Waals surface area contributed by atoms with E-state index in [-0.39, 0.29) is 5.91 Å². The number of hydrogen-bond donors (Lipinski definition) is 0. The molecule has 0 aliphatic heterocycles. The maximum atomic E-state index is 12.3. The Morgan fingerprint density at radius 2 is 2.00 bits per heavy atom. The highest BCUT2D eigenvalue weighted by Crippen LogP contribution is 2.19. The fourth-order valence-electron chi connectivity index (χ4n) is 2.38. The fourth-order valence-corrected chi connectivity index (χ4v) is 3.30.